The van der Waals surface area contributed by atoms with Crippen molar-refractivity contribution in [2.45, 2.75) is 39.8 Å². The Bertz CT molecular complexity index is 1170. The van der Waals surface area contributed by atoms with Gasteiger partial charge in [0.2, 0.25) is 0 Å². The molecule has 7 heteroatoms. The molecule has 196 valence electrons. The van der Waals surface area contributed by atoms with Crippen LogP contribution in [0.1, 0.15) is 45.7 Å². The minimum Gasteiger partial charge on any atom is -0.493 e. The predicted octanol–water partition coefficient (Wildman–Crippen LogP) is 4.31. The molecule has 2 aliphatic rings. The minimum atomic E-state index is 0.106. The summed E-state index contributed by atoms with van der Waals surface area (Å²) in [5, 5.41) is 4.54. The summed E-state index contributed by atoms with van der Waals surface area (Å²) < 4.78 is 13.6. The monoisotopic (exact) mass is 502 g/mol. The maximum Gasteiger partial charge on any atom is 0.253 e. The maximum atomic E-state index is 13.2. The third-order valence-corrected chi connectivity index (χ3v) is 7.36. The van der Waals surface area contributed by atoms with Gasteiger partial charge in [0.1, 0.15) is 5.75 Å². The Kier molecular flexibility index (Phi) is 8.21. The van der Waals surface area contributed by atoms with Crippen LogP contribution in [0.15, 0.2) is 54.6 Å². The summed E-state index contributed by atoms with van der Waals surface area (Å²) in [5.41, 5.74) is 5.35. The van der Waals surface area contributed by atoms with Gasteiger partial charge in [-0.3, -0.25) is 14.4 Å². The number of ether oxygens (including phenoxy) is 2. The molecular formula is C30H38N4O3. The number of morpholine rings is 1. The van der Waals surface area contributed by atoms with E-state index in [0.29, 0.717) is 19.1 Å². The van der Waals surface area contributed by atoms with Crippen LogP contribution in [0, 0.1) is 19.8 Å². The van der Waals surface area contributed by atoms with E-state index in [1.807, 2.05) is 40.8 Å². The summed E-state index contributed by atoms with van der Waals surface area (Å²) >= 11 is 0. The fourth-order valence-electron chi connectivity index (χ4n) is 5.25. The van der Waals surface area contributed by atoms with Gasteiger partial charge in [-0.25, -0.2) is 0 Å². The zero-order valence-corrected chi connectivity index (χ0v) is 22.1. The van der Waals surface area contributed by atoms with Crippen LogP contribution in [0.25, 0.3) is 0 Å². The zero-order chi connectivity index (χ0) is 25.6. The van der Waals surface area contributed by atoms with E-state index in [0.717, 1.165) is 87.0 Å². The first-order valence-electron chi connectivity index (χ1n) is 13.4. The van der Waals surface area contributed by atoms with Gasteiger partial charge in [-0.05, 0) is 68.1 Å². The number of carbonyl (C=O) groups is 1. The Morgan fingerprint density at radius 2 is 1.68 bits per heavy atom. The molecule has 3 aromatic rings. The highest BCUT2D eigenvalue weighted by Crippen LogP contribution is 2.22. The van der Waals surface area contributed by atoms with Crippen LogP contribution in [-0.4, -0.2) is 71.5 Å². The number of benzene rings is 2. The number of hydrogen-bond acceptors (Lipinski definition) is 5. The normalized spacial score (nSPS) is 18.6. The second-order valence-corrected chi connectivity index (χ2v) is 10.4. The Morgan fingerprint density at radius 3 is 2.38 bits per heavy atom. The number of aryl methyl sites for hydroxylation is 2. The largest absolute Gasteiger partial charge is 0.493 e. The molecule has 2 saturated heterocycles. The van der Waals surface area contributed by atoms with Crippen molar-refractivity contribution in [2.24, 2.45) is 5.92 Å². The number of carbonyl (C=O) groups excluding carboxylic acids is 1. The standard InChI is InChI=1S/C30H38N4O3/c1-23-18-24(2)34(31-23)21-26-5-9-28(10-6-26)30(35)33-13-3-4-27(20-33)22-37-29-11-7-25(8-12-29)19-32-14-16-36-17-15-32/h5-12,18,27H,3-4,13-17,19-22H2,1-2H3/t27-/m0/s1. The molecule has 5 rings (SSSR count). The summed E-state index contributed by atoms with van der Waals surface area (Å²) in [4.78, 5) is 17.6. The molecule has 1 atom stereocenters. The van der Waals surface area contributed by atoms with Crippen molar-refractivity contribution >= 4 is 5.91 Å². The number of piperidine rings is 1. The van der Waals surface area contributed by atoms with Gasteiger partial charge in [-0.2, -0.15) is 5.10 Å². The molecule has 0 unspecified atom stereocenters. The maximum absolute atomic E-state index is 13.2. The number of likely N-dealkylation sites (tertiary alicyclic amines) is 1. The zero-order valence-electron chi connectivity index (χ0n) is 22.1. The predicted molar refractivity (Wildman–Crippen MR) is 144 cm³/mol. The van der Waals surface area contributed by atoms with Crippen LogP contribution in [0.5, 0.6) is 5.75 Å². The van der Waals surface area contributed by atoms with Gasteiger partial charge in [0, 0.05) is 49.9 Å². The molecule has 1 amide bonds. The fourth-order valence-corrected chi connectivity index (χ4v) is 5.25. The second kappa shape index (κ2) is 11.9. The average molecular weight is 503 g/mol. The van der Waals surface area contributed by atoms with E-state index < -0.39 is 0 Å². The molecule has 0 bridgehead atoms. The summed E-state index contributed by atoms with van der Waals surface area (Å²) in [6, 6.07) is 18.5. The SMILES string of the molecule is Cc1cc(C)n(Cc2ccc(C(=O)N3CCC[C@H](COc4ccc(CN5CCOCC5)cc4)C3)cc2)n1. The molecule has 0 N–H and O–H groups in total. The van der Waals surface area contributed by atoms with Crippen LogP contribution >= 0.6 is 0 Å². The molecule has 2 aromatic carbocycles. The van der Waals surface area contributed by atoms with E-state index in [4.69, 9.17) is 9.47 Å². The Hall–Kier alpha value is -3.16. The van der Waals surface area contributed by atoms with Crippen LogP contribution in [0.3, 0.4) is 0 Å². The highest BCUT2D eigenvalue weighted by Gasteiger charge is 2.25. The van der Waals surface area contributed by atoms with E-state index in [2.05, 4.69) is 47.3 Å². The summed E-state index contributed by atoms with van der Waals surface area (Å²) in [6.45, 7) is 11.5. The van der Waals surface area contributed by atoms with Gasteiger partial charge in [0.25, 0.3) is 5.91 Å². The molecule has 2 aliphatic heterocycles. The molecule has 0 spiro atoms. The second-order valence-electron chi connectivity index (χ2n) is 10.4. The van der Waals surface area contributed by atoms with E-state index in [1.165, 1.54) is 5.56 Å². The van der Waals surface area contributed by atoms with Gasteiger partial charge >= 0.3 is 0 Å². The van der Waals surface area contributed by atoms with Crippen molar-refractivity contribution in [3.63, 3.8) is 0 Å². The first kappa shape index (κ1) is 25.5. The number of hydrogen-bond donors (Lipinski definition) is 0. The number of nitrogens with zero attached hydrogens (tertiary/aromatic N) is 4. The van der Waals surface area contributed by atoms with Crippen molar-refractivity contribution in [1.82, 2.24) is 19.6 Å². The molecule has 37 heavy (non-hydrogen) atoms. The van der Waals surface area contributed by atoms with E-state index in [9.17, 15) is 4.79 Å². The van der Waals surface area contributed by atoms with Crippen LogP contribution in [0.2, 0.25) is 0 Å². The van der Waals surface area contributed by atoms with Gasteiger partial charge in [-0.1, -0.05) is 24.3 Å². The quantitative estimate of drug-likeness (QED) is 0.459. The molecular weight excluding hydrogens is 464 g/mol. The van der Waals surface area contributed by atoms with Crippen LogP contribution in [0.4, 0.5) is 0 Å². The number of rotatable bonds is 8. The summed E-state index contributed by atoms with van der Waals surface area (Å²) in [6.07, 6.45) is 2.09. The summed E-state index contributed by atoms with van der Waals surface area (Å²) in [5.74, 6) is 1.35. The average Bonchev–Trinajstić information content (AvgIpc) is 3.25. The number of aromatic nitrogens is 2. The fraction of sp³-hybridized carbons (Fsp3) is 0.467. The Labute approximate surface area is 220 Å². The van der Waals surface area contributed by atoms with Crippen LogP contribution < -0.4 is 4.74 Å². The molecule has 0 aliphatic carbocycles. The van der Waals surface area contributed by atoms with E-state index >= 15 is 0 Å². The van der Waals surface area contributed by atoms with Crippen LogP contribution in [-0.2, 0) is 17.8 Å². The van der Waals surface area contributed by atoms with Gasteiger partial charge in [0.15, 0.2) is 0 Å². The third kappa shape index (κ3) is 6.79. The molecule has 1 aromatic heterocycles. The van der Waals surface area contributed by atoms with Crippen molar-refractivity contribution in [3.8, 4) is 5.75 Å². The van der Waals surface area contributed by atoms with E-state index in [1.54, 1.807) is 0 Å². The van der Waals surface area contributed by atoms with Crippen molar-refractivity contribution in [1.29, 1.82) is 0 Å². The molecule has 3 heterocycles. The first-order valence-corrected chi connectivity index (χ1v) is 13.4. The summed E-state index contributed by atoms with van der Waals surface area (Å²) in [7, 11) is 0. The van der Waals surface area contributed by atoms with Gasteiger partial charge in [0.05, 0.1) is 32.1 Å². The van der Waals surface area contributed by atoms with E-state index in [-0.39, 0.29) is 5.91 Å². The molecule has 7 nitrogen and oxygen atoms in total. The smallest absolute Gasteiger partial charge is 0.253 e. The highest BCUT2D eigenvalue weighted by atomic mass is 16.5. The van der Waals surface area contributed by atoms with Crippen molar-refractivity contribution in [2.75, 3.05) is 46.0 Å². The lowest BCUT2D eigenvalue weighted by Crippen LogP contribution is -2.41. The molecule has 0 saturated carbocycles. The topological polar surface area (TPSA) is 59.8 Å². The number of amides is 1. The van der Waals surface area contributed by atoms with Crippen molar-refractivity contribution < 1.29 is 14.3 Å². The lowest BCUT2D eigenvalue weighted by molar-refractivity contribution is 0.0342. The first-order chi connectivity index (χ1) is 18.0. The highest BCUT2D eigenvalue weighted by molar-refractivity contribution is 5.94. The lowest BCUT2D eigenvalue weighted by Gasteiger charge is -2.32. The van der Waals surface area contributed by atoms with Gasteiger partial charge in [-0.15, -0.1) is 0 Å². The van der Waals surface area contributed by atoms with Crippen molar-refractivity contribution in [3.05, 3.63) is 82.7 Å². The third-order valence-electron chi connectivity index (χ3n) is 7.36. The molecule has 0 radical (unpaired) electrons. The minimum absolute atomic E-state index is 0.106. The Balaban J connectivity index is 1.10. The lowest BCUT2D eigenvalue weighted by atomic mass is 9.98. The Morgan fingerprint density at radius 1 is 0.973 bits per heavy atom. The van der Waals surface area contributed by atoms with Gasteiger partial charge < -0.3 is 14.4 Å². The molecule has 2 fully saturated rings.